The Bertz CT molecular complexity index is 449. The molecular formula is C13H15BrO2. The Morgan fingerprint density at radius 3 is 2.62 bits per heavy atom. The number of methoxy groups -OCH3 is 1. The lowest BCUT2D eigenvalue weighted by Gasteiger charge is -2.31. The molecule has 86 valence electrons. The number of halogens is 1. The van der Waals surface area contributed by atoms with E-state index in [2.05, 4.69) is 22.0 Å². The maximum absolute atomic E-state index is 11.9. The average molecular weight is 283 g/mol. The average Bonchev–Trinajstić information content (AvgIpc) is 2.23. The molecule has 0 N–H and O–H groups in total. The number of aryl methyl sites for hydroxylation is 1. The third-order valence-corrected chi connectivity index (χ3v) is 3.99. The summed E-state index contributed by atoms with van der Waals surface area (Å²) in [7, 11) is 1.64. The Kier molecular flexibility index (Phi) is 2.82. The van der Waals surface area contributed by atoms with Crippen LogP contribution < -0.4 is 4.74 Å². The monoisotopic (exact) mass is 282 g/mol. The molecule has 16 heavy (non-hydrogen) atoms. The van der Waals surface area contributed by atoms with Gasteiger partial charge in [-0.3, -0.25) is 4.79 Å². The molecule has 2 nitrogen and oxygen atoms in total. The lowest BCUT2D eigenvalue weighted by molar-refractivity contribution is -0.124. The van der Waals surface area contributed by atoms with Gasteiger partial charge in [-0.05, 0) is 59.5 Å². The van der Waals surface area contributed by atoms with Crippen LogP contribution in [0.5, 0.6) is 5.75 Å². The highest BCUT2D eigenvalue weighted by Crippen LogP contribution is 2.39. The van der Waals surface area contributed by atoms with Crippen molar-refractivity contribution in [1.29, 1.82) is 0 Å². The van der Waals surface area contributed by atoms with Crippen molar-refractivity contribution < 1.29 is 9.53 Å². The second-order valence-corrected chi connectivity index (χ2v) is 5.55. The van der Waals surface area contributed by atoms with Crippen molar-refractivity contribution in [3.8, 4) is 5.75 Å². The number of ether oxygens (including phenoxy) is 1. The Morgan fingerprint density at radius 1 is 1.31 bits per heavy atom. The maximum atomic E-state index is 11.9. The highest BCUT2D eigenvalue weighted by atomic mass is 79.9. The summed E-state index contributed by atoms with van der Waals surface area (Å²) < 4.78 is 6.24. The van der Waals surface area contributed by atoms with Gasteiger partial charge >= 0.3 is 0 Å². The van der Waals surface area contributed by atoms with E-state index >= 15 is 0 Å². The smallest absolute Gasteiger partial charge is 0.143 e. The molecule has 0 heterocycles. The quantitative estimate of drug-likeness (QED) is 0.790. The standard InChI is InChI=1S/C13H15BrO2/c1-13(2)9-7-11(16-3)10(14)6-8(9)4-5-12(13)15/h6-7H,4-5H2,1-3H3. The fourth-order valence-corrected chi connectivity index (χ4v) is 2.80. The Balaban J connectivity index is 2.62. The highest BCUT2D eigenvalue weighted by Gasteiger charge is 2.35. The number of Topliss-reactive ketones (excluding diaryl/α,β-unsaturated/α-hetero) is 1. The number of ketones is 1. The van der Waals surface area contributed by atoms with E-state index in [0.717, 1.165) is 22.2 Å². The Morgan fingerprint density at radius 2 is 2.00 bits per heavy atom. The first-order chi connectivity index (χ1) is 7.46. The van der Waals surface area contributed by atoms with Gasteiger partial charge in [0.05, 0.1) is 11.6 Å². The first-order valence-electron chi connectivity index (χ1n) is 5.37. The molecule has 0 atom stereocenters. The van der Waals surface area contributed by atoms with Crippen LogP contribution in [0, 0.1) is 0 Å². The molecule has 1 aliphatic rings. The van der Waals surface area contributed by atoms with E-state index in [0.29, 0.717) is 12.2 Å². The Hall–Kier alpha value is -0.830. The van der Waals surface area contributed by atoms with E-state index in [1.807, 2.05) is 19.9 Å². The first kappa shape index (κ1) is 11.6. The summed E-state index contributed by atoms with van der Waals surface area (Å²) in [5.74, 6) is 1.10. The van der Waals surface area contributed by atoms with Crippen molar-refractivity contribution in [2.24, 2.45) is 0 Å². The van der Waals surface area contributed by atoms with Crippen molar-refractivity contribution in [3.63, 3.8) is 0 Å². The molecule has 1 aromatic rings. The summed E-state index contributed by atoms with van der Waals surface area (Å²) in [6, 6.07) is 4.05. The Labute approximate surface area is 104 Å². The number of carbonyl (C=O) groups excluding carboxylic acids is 1. The molecule has 1 aliphatic carbocycles. The van der Waals surface area contributed by atoms with Crippen molar-refractivity contribution in [2.75, 3.05) is 7.11 Å². The summed E-state index contributed by atoms with van der Waals surface area (Å²) in [4.78, 5) is 11.9. The van der Waals surface area contributed by atoms with Crippen molar-refractivity contribution >= 4 is 21.7 Å². The van der Waals surface area contributed by atoms with Crippen molar-refractivity contribution in [1.82, 2.24) is 0 Å². The van der Waals surface area contributed by atoms with Gasteiger partial charge in [-0.25, -0.2) is 0 Å². The van der Waals surface area contributed by atoms with Crippen LogP contribution in [0.3, 0.4) is 0 Å². The predicted octanol–water partition coefficient (Wildman–Crippen LogP) is 3.25. The minimum absolute atomic E-state index is 0.310. The van der Waals surface area contributed by atoms with Crippen LogP contribution in [0.25, 0.3) is 0 Å². The number of carbonyl (C=O) groups is 1. The van der Waals surface area contributed by atoms with Crippen LogP contribution in [0.1, 0.15) is 31.4 Å². The van der Waals surface area contributed by atoms with Crippen LogP contribution in [-0.4, -0.2) is 12.9 Å². The van der Waals surface area contributed by atoms with Crippen molar-refractivity contribution in [3.05, 3.63) is 27.7 Å². The van der Waals surface area contributed by atoms with Crippen molar-refractivity contribution in [2.45, 2.75) is 32.1 Å². The third-order valence-electron chi connectivity index (χ3n) is 3.37. The van der Waals surface area contributed by atoms with E-state index < -0.39 is 0 Å². The summed E-state index contributed by atoms with van der Waals surface area (Å²) in [5.41, 5.74) is 1.96. The fraction of sp³-hybridized carbons (Fsp3) is 0.462. The predicted molar refractivity (Wildman–Crippen MR) is 67.0 cm³/mol. The maximum Gasteiger partial charge on any atom is 0.143 e. The second kappa shape index (κ2) is 3.88. The SMILES string of the molecule is COc1cc2c(cc1Br)CCC(=O)C2(C)C. The van der Waals surface area contributed by atoms with Gasteiger partial charge in [0.2, 0.25) is 0 Å². The zero-order chi connectivity index (χ0) is 11.9. The number of hydrogen-bond donors (Lipinski definition) is 0. The van der Waals surface area contributed by atoms with Gasteiger partial charge in [0.25, 0.3) is 0 Å². The van der Waals surface area contributed by atoms with Gasteiger partial charge in [0, 0.05) is 11.8 Å². The molecule has 0 radical (unpaired) electrons. The minimum atomic E-state index is -0.387. The molecule has 3 heteroatoms. The van der Waals surface area contributed by atoms with E-state index in [-0.39, 0.29) is 5.41 Å². The van der Waals surface area contributed by atoms with Crippen LogP contribution >= 0.6 is 15.9 Å². The number of rotatable bonds is 1. The summed E-state index contributed by atoms with van der Waals surface area (Å²) in [6.07, 6.45) is 1.47. The van der Waals surface area contributed by atoms with Gasteiger partial charge in [-0.2, -0.15) is 0 Å². The van der Waals surface area contributed by atoms with E-state index in [1.165, 1.54) is 5.56 Å². The van der Waals surface area contributed by atoms with Crippen LogP contribution in [0.15, 0.2) is 16.6 Å². The molecule has 2 rings (SSSR count). The van der Waals surface area contributed by atoms with Gasteiger partial charge in [0.1, 0.15) is 11.5 Å². The number of benzene rings is 1. The number of hydrogen-bond acceptors (Lipinski definition) is 2. The lowest BCUT2D eigenvalue weighted by Crippen LogP contribution is -2.34. The largest absolute Gasteiger partial charge is 0.496 e. The normalized spacial score (nSPS) is 18.1. The molecule has 0 unspecified atom stereocenters. The van der Waals surface area contributed by atoms with Crippen LogP contribution in [-0.2, 0) is 16.6 Å². The molecule has 0 bridgehead atoms. The topological polar surface area (TPSA) is 26.3 Å². The molecule has 0 amide bonds. The van der Waals surface area contributed by atoms with Gasteiger partial charge in [-0.15, -0.1) is 0 Å². The zero-order valence-corrected chi connectivity index (χ0v) is 11.3. The molecule has 0 saturated heterocycles. The number of fused-ring (bicyclic) bond motifs is 1. The third kappa shape index (κ3) is 1.67. The summed E-state index contributed by atoms with van der Waals surface area (Å²) in [6.45, 7) is 3.97. The molecule has 0 saturated carbocycles. The minimum Gasteiger partial charge on any atom is -0.496 e. The first-order valence-corrected chi connectivity index (χ1v) is 6.16. The van der Waals surface area contributed by atoms with Gasteiger partial charge in [0.15, 0.2) is 0 Å². The van der Waals surface area contributed by atoms with Crippen LogP contribution in [0.2, 0.25) is 0 Å². The fourth-order valence-electron chi connectivity index (χ4n) is 2.25. The zero-order valence-electron chi connectivity index (χ0n) is 9.76. The second-order valence-electron chi connectivity index (χ2n) is 4.69. The molecular weight excluding hydrogens is 268 g/mol. The highest BCUT2D eigenvalue weighted by molar-refractivity contribution is 9.10. The molecule has 0 aliphatic heterocycles. The van der Waals surface area contributed by atoms with Crippen LogP contribution in [0.4, 0.5) is 0 Å². The summed E-state index contributed by atoms with van der Waals surface area (Å²) >= 11 is 3.48. The molecule has 0 spiro atoms. The van der Waals surface area contributed by atoms with E-state index in [9.17, 15) is 4.79 Å². The van der Waals surface area contributed by atoms with E-state index in [4.69, 9.17) is 4.74 Å². The molecule has 1 aromatic carbocycles. The summed E-state index contributed by atoms with van der Waals surface area (Å²) in [5, 5.41) is 0. The lowest BCUT2D eigenvalue weighted by atomic mass is 9.72. The molecule has 0 fully saturated rings. The van der Waals surface area contributed by atoms with E-state index in [1.54, 1.807) is 7.11 Å². The molecule has 0 aromatic heterocycles. The van der Waals surface area contributed by atoms with Gasteiger partial charge in [-0.1, -0.05) is 0 Å². The van der Waals surface area contributed by atoms with Gasteiger partial charge < -0.3 is 4.74 Å².